The molecule has 5 rings (SSSR count). The monoisotopic (exact) mass is 567 g/mol. The van der Waals surface area contributed by atoms with Gasteiger partial charge in [0.1, 0.15) is 35.7 Å². The van der Waals surface area contributed by atoms with E-state index in [9.17, 15) is 23.6 Å². The number of amides is 4. The standard InChI is InChI=1S/C28H23ClFN3O7/c1-38-25-16(3-2-15-13-33(27(36)24(15)25)22-10-11-23(34)32-26(22)35)14-39-28(37)31-17-4-6-18(7-5-17)40-19-8-9-20(29)21(30)12-19/h2-9,12,22H,10-11,13-14H2,1H3,(H,31,37)(H,32,34,35). The third kappa shape index (κ3) is 5.55. The van der Waals surface area contributed by atoms with Gasteiger partial charge >= 0.3 is 6.09 Å². The molecule has 0 bridgehead atoms. The Kier molecular flexibility index (Phi) is 7.56. The molecule has 40 heavy (non-hydrogen) atoms. The Bertz CT molecular complexity index is 1510. The molecule has 1 fully saturated rings. The molecule has 0 aliphatic carbocycles. The number of imide groups is 1. The first kappa shape index (κ1) is 26.9. The lowest BCUT2D eigenvalue weighted by Crippen LogP contribution is -2.52. The third-order valence-electron chi connectivity index (χ3n) is 6.52. The molecular weight excluding hydrogens is 545 g/mol. The van der Waals surface area contributed by atoms with E-state index in [1.54, 1.807) is 36.4 Å². The highest BCUT2D eigenvalue weighted by Crippen LogP contribution is 2.36. The van der Waals surface area contributed by atoms with Crippen LogP contribution in [0.1, 0.15) is 34.3 Å². The molecule has 2 aliphatic heterocycles. The zero-order valence-corrected chi connectivity index (χ0v) is 21.9. The number of anilines is 1. The smallest absolute Gasteiger partial charge is 0.411 e. The fourth-order valence-corrected chi connectivity index (χ4v) is 4.71. The summed E-state index contributed by atoms with van der Waals surface area (Å²) in [5.41, 5.74) is 1.86. The van der Waals surface area contributed by atoms with Gasteiger partial charge in [0, 0.05) is 30.3 Å². The van der Waals surface area contributed by atoms with Crippen LogP contribution in [0.4, 0.5) is 14.9 Å². The van der Waals surface area contributed by atoms with Gasteiger partial charge in [-0.2, -0.15) is 0 Å². The van der Waals surface area contributed by atoms with E-state index in [0.717, 1.165) is 0 Å². The molecule has 2 heterocycles. The molecule has 1 saturated heterocycles. The molecule has 10 nitrogen and oxygen atoms in total. The fourth-order valence-electron chi connectivity index (χ4n) is 4.59. The van der Waals surface area contributed by atoms with Crippen molar-refractivity contribution in [2.24, 2.45) is 0 Å². The number of rotatable bonds is 7. The Morgan fingerprint density at radius 1 is 1.10 bits per heavy atom. The molecule has 0 spiro atoms. The number of fused-ring (bicyclic) bond motifs is 1. The van der Waals surface area contributed by atoms with Crippen LogP contribution in [-0.2, 0) is 27.5 Å². The minimum absolute atomic E-state index is 0.0104. The van der Waals surface area contributed by atoms with Crippen molar-refractivity contribution in [2.45, 2.75) is 32.0 Å². The first-order chi connectivity index (χ1) is 19.2. The molecule has 206 valence electrons. The second-order valence-electron chi connectivity index (χ2n) is 9.10. The Labute approximate surface area is 232 Å². The third-order valence-corrected chi connectivity index (χ3v) is 6.82. The van der Waals surface area contributed by atoms with Crippen molar-refractivity contribution in [3.63, 3.8) is 0 Å². The Balaban J connectivity index is 1.20. The van der Waals surface area contributed by atoms with Gasteiger partial charge in [-0.25, -0.2) is 9.18 Å². The second kappa shape index (κ2) is 11.2. The maximum absolute atomic E-state index is 13.6. The molecule has 12 heteroatoms. The molecule has 1 atom stereocenters. The summed E-state index contributed by atoms with van der Waals surface area (Å²) >= 11 is 5.68. The molecule has 0 radical (unpaired) electrons. The van der Waals surface area contributed by atoms with Gasteiger partial charge in [-0.05, 0) is 48.4 Å². The van der Waals surface area contributed by atoms with Gasteiger partial charge in [0.25, 0.3) is 5.91 Å². The molecule has 0 aromatic heterocycles. The number of ether oxygens (including phenoxy) is 3. The van der Waals surface area contributed by atoms with E-state index in [2.05, 4.69) is 10.6 Å². The predicted octanol–water partition coefficient (Wildman–Crippen LogP) is 4.79. The summed E-state index contributed by atoms with van der Waals surface area (Å²) in [6, 6.07) is 13.1. The Morgan fingerprint density at radius 2 is 1.85 bits per heavy atom. The van der Waals surface area contributed by atoms with E-state index in [1.165, 1.54) is 30.2 Å². The number of benzene rings is 3. The maximum atomic E-state index is 13.6. The van der Waals surface area contributed by atoms with Gasteiger partial charge in [-0.3, -0.25) is 25.0 Å². The molecule has 1 unspecified atom stereocenters. The zero-order valence-electron chi connectivity index (χ0n) is 21.2. The molecule has 3 aromatic carbocycles. The number of carbonyl (C=O) groups is 4. The van der Waals surface area contributed by atoms with Crippen molar-refractivity contribution in [3.05, 3.63) is 82.1 Å². The average Bonchev–Trinajstić information content (AvgIpc) is 3.26. The minimum atomic E-state index is -0.753. The lowest BCUT2D eigenvalue weighted by Gasteiger charge is -2.29. The summed E-state index contributed by atoms with van der Waals surface area (Å²) in [6.45, 7) is 0.0163. The number of halogens is 2. The van der Waals surface area contributed by atoms with Gasteiger partial charge in [0.15, 0.2) is 0 Å². The van der Waals surface area contributed by atoms with E-state index in [1.807, 2.05) is 0 Å². The number of hydrogen-bond donors (Lipinski definition) is 2. The van der Waals surface area contributed by atoms with Crippen LogP contribution in [-0.4, -0.2) is 41.9 Å². The van der Waals surface area contributed by atoms with Gasteiger partial charge < -0.3 is 19.1 Å². The minimum Gasteiger partial charge on any atom is -0.495 e. The van der Waals surface area contributed by atoms with Crippen LogP contribution in [0.2, 0.25) is 5.02 Å². The van der Waals surface area contributed by atoms with Gasteiger partial charge in [-0.15, -0.1) is 0 Å². The van der Waals surface area contributed by atoms with Gasteiger partial charge in [0.05, 0.1) is 17.7 Å². The number of nitrogens with zero attached hydrogens (tertiary/aromatic N) is 1. The van der Waals surface area contributed by atoms with E-state index in [0.29, 0.717) is 28.1 Å². The van der Waals surface area contributed by atoms with E-state index < -0.39 is 29.8 Å². The number of piperidine rings is 1. The highest BCUT2D eigenvalue weighted by atomic mass is 35.5. The fraction of sp³-hybridized carbons (Fsp3) is 0.214. The van der Waals surface area contributed by atoms with Crippen LogP contribution in [0.25, 0.3) is 0 Å². The van der Waals surface area contributed by atoms with Crippen molar-refractivity contribution < 1.29 is 37.8 Å². The van der Waals surface area contributed by atoms with E-state index in [-0.39, 0.29) is 48.4 Å². The topological polar surface area (TPSA) is 123 Å². The van der Waals surface area contributed by atoms with Gasteiger partial charge in [0.2, 0.25) is 11.8 Å². The van der Waals surface area contributed by atoms with E-state index in [4.69, 9.17) is 25.8 Å². The van der Waals surface area contributed by atoms with Crippen molar-refractivity contribution >= 4 is 41.1 Å². The van der Waals surface area contributed by atoms with Gasteiger partial charge in [-0.1, -0.05) is 23.7 Å². The number of nitrogens with one attached hydrogen (secondary N) is 2. The highest BCUT2D eigenvalue weighted by Gasteiger charge is 2.41. The van der Waals surface area contributed by atoms with Crippen LogP contribution < -0.4 is 20.1 Å². The summed E-state index contributed by atoms with van der Waals surface area (Å²) in [5, 5.41) is 4.86. The Morgan fingerprint density at radius 3 is 2.55 bits per heavy atom. The van der Waals surface area contributed by atoms with Crippen molar-refractivity contribution in [1.82, 2.24) is 10.2 Å². The van der Waals surface area contributed by atoms with Crippen LogP contribution in [0.15, 0.2) is 54.6 Å². The predicted molar refractivity (Wildman–Crippen MR) is 141 cm³/mol. The summed E-state index contributed by atoms with van der Waals surface area (Å²) in [4.78, 5) is 50.9. The summed E-state index contributed by atoms with van der Waals surface area (Å²) in [6.07, 6.45) is -0.345. The molecule has 2 aliphatic rings. The number of hydrogen-bond acceptors (Lipinski definition) is 7. The second-order valence-corrected chi connectivity index (χ2v) is 9.50. The van der Waals surface area contributed by atoms with Crippen molar-refractivity contribution in [2.75, 3.05) is 12.4 Å². The normalized spacial score (nSPS) is 16.3. The van der Waals surface area contributed by atoms with Crippen LogP contribution in [0.5, 0.6) is 17.2 Å². The lowest BCUT2D eigenvalue weighted by molar-refractivity contribution is -0.136. The van der Waals surface area contributed by atoms with Crippen molar-refractivity contribution in [3.8, 4) is 17.2 Å². The molecule has 3 aromatic rings. The van der Waals surface area contributed by atoms with E-state index >= 15 is 0 Å². The Hall–Kier alpha value is -4.64. The zero-order chi connectivity index (χ0) is 28.4. The average molecular weight is 568 g/mol. The molecule has 4 amide bonds. The van der Waals surface area contributed by atoms with Crippen molar-refractivity contribution in [1.29, 1.82) is 0 Å². The first-order valence-electron chi connectivity index (χ1n) is 12.2. The highest BCUT2D eigenvalue weighted by molar-refractivity contribution is 6.30. The lowest BCUT2D eigenvalue weighted by atomic mass is 10.0. The molecular formula is C28H23ClFN3O7. The first-order valence-corrected chi connectivity index (χ1v) is 12.6. The quantitative estimate of drug-likeness (QED) is 0.393. The van der Waals surface area contributed by atoms with Crippen LogP contribution in [0, 0.1) is 5.82 Å². The van der Waals surface area contributed by atoms with Crippen LogP contribution in [0.3, 0.4) is 0 Å². The summed E-state index contributed by atoms with van der Waals surface area (Å²) < 4.78 is 30.1. The maximum Gasteiger partial charge on any atom is 0.411 e. The summed E-state index contributed by atoms with van der Waals surface area (Å²) in [7, 11) is 1.41. The van der Waals surface area contributed by atoms with Crippen LogP contribution >= 0.6 is 11.6 Å². The number of methoxy groups -OCH3 is 1. The summed E-state index contributed by atoms with van der Waals surface area (Å²) in [5.74, 6) is -0.920. The molecule has 2 N–H and O–H groups in total. The number of carbonyl (C=O) groups excluding carboxylic acids is 4. The largest absolute Gasteiger partial charge is 0.495 e. The molecule has 0 saturated carbocycles. The SMILES string of the molecule is COc1c(COC(=O)Nc2ccc(Oc3ccc(Cl)c(F)c3)cc2)ccc2c1C(=O)N(C1CCC(=O)NC1=O)C2.